The molecule has 0 saturated heterocycles. The highest BCUT2D eigenvalue weighted by molar-refractivity contribution is 5.96. The maximum absolute atomic E-state index is 11.7. The number of amides is 1. The lowest BCUT2D eigenvalue weighted by Crippen LogP contribution is -2.25. The van der Waals surface area contributed by atoms with Gasteiger partial charge in [-0.1, -0.05) is 0 Å². The van der Waals surface area contributed by atoms with E-state index < -0.39 is 5.97 Å². The highest BCUT2D eigenvalue weighted by Gasteiger charge is 2.09. The molecule has 0 aromatic carbocycles. The zero-order chi connectivity index (χ0) is 13.4. The van der Waals surface area contributed by atoms with E-state index in [1.54, 1.807) is 7.11 Å². The van der Waals surface area contributed by atoms with Gasteiger partial charge < -0.3 is 15.2 Å². The Kier molecular flexibility index (Phi) is 5.79. The zero-order valence-electron chi connectivity index (χ0n) is 10.2. The molecule has 0 atom stereocenters. The molecule has 0 spiro atoms. The number of methoxy groups -OCH3 is 1. The summed E-state index contributed by atoms with van der Waals surface area (Å²) in [5.74, 6) is -1.44. The van der Waals surface area contributed by atoms with Crippen LogP contribution in [0, 0.1) is 0 Å². The molecule has 0 saturated carbocycles. The minimum Gasteiger partial charge on any atom is -0.477 e. The summed E-state index contributed by atoms with van der Waals surface area (Å²) < 4.78 is 4.89. The van der Waals surface area contributed by atoms with Crippen molar-refractivity contribution in [3.05, 3.63) is 29.6 Å². The van der Waals surface area contributed by atoms with Crippen LogP contribution >= 0.6 is 0 Å². The second-order valence-corrected chi connectivity index (χ2v) is 3.69. The van der Waals surface area contributed by atoms with Crippen LogP contribution in [0.2, 0.25) is 0 Å². The van der Waals surface area contributed by atoms with Crippen LogP contribution in [0.25, 0.3) is 0 Å². The average Bonchev–Trinajstić information content (AvgIpc) is 2.38. The third-order valence-electron chi connectivity index (χ3n) is 2.30. The highest BCUT2D eigenvalue weighted by Crippen LogP contribution is 2.02. The lowest BCUT2D eigenvalue weighted by atomic mass is 10.2. The number of carboxylic acids is 1. The lowest BCUT2D eigenvalue weighted by Gasteiger charge is -2.05. The van der Waals surface area contributed by atoms with Gasteiger partial charge in [-0.2, -0.15) is 0 Å². The number of hydrogen-bond donors (Lipinski definition) is 2. The van der Waals surface area contributed by atoms with Crippen molar-refractivity contribution < 1.29 is 19.4 Å². The summed E-state index contributed by atoms with van der Waals surface area (Å²) in [7, 11) is 1.63. The molecule has 0 bridgehead atoms. The summed E-state index contributed by atoms with van der Waals surface area (Å²) in [5.41, 5.74) is 0.163. The number of nitrogens with zero attached hydrogens (tertiary/aromatic N) is 1. The molecule has 0 aliphatic heterocycles. The van der Waals surface area contributed by atoms with Gasteiger partial charge in [0.2, 0.25) is 0 Å². The van der Waals surface area contributed by atoms with E-state index in [1.807, 2.05) is 0 Å². The van der Waals surface area contributed by atoms with Gasteiger partial charge in [-0.25, -0.2) is 9.78 Å². The van der Waals surface area contributed by atoms with E-state index in [2.05, 4.69) is 10.3 Å². The summed E-state index contributed by atoms with van der Waals surface area (Å²) in [6, 6.07) is 2.74. The number of ether oxygens (including phenoxy) is 1. The molecule has 98 valence electrons. The van der Waals surface area contributed by atoms with E-state index in [1.165, 1.54) is 18.3 Å². The number of nitrogens with one attached hydrogen (secondary N) is 1. The van der Waals surface area contributed by atoms with Crippen molar-refractivity contribution >= 4 is 11.9 Å². The fraction of sp³-hybridized carbons (Fsp3) is 0.417. The van der Waals surface area contributed by atoms with Crippen LogP contribution in [0.1, 0.15) is 33.7 Å². The van der Waals surface area contributed by atoms with Gasteiger partial charge in [0.25, 0.3) is 5.91 Å². The van der Waals surface area contributed by atoms with E-state index in [4.69, 9.17) is 9.84 Å². The molecule has 1 heterocycles. The number of carbonyl (C=O) groups excluding carboxylic acids is 1. The van der Waals surface area contributed by atoms with Crippen molar-refractivity contribution in [3.63, 3.8) is 0 Å². The standard InChI is InChI=1S/C12H16N2O4/c1-18-7-3-2-5-14-11(15)9-4-6-13-10(8-9)12(16)17/h4,6,8H,2-3,5,7H2,1H3,(H,14,15)(H,16,17). The van der Waals surface area contributed by atoms with Crippen LogP contribution in [0.5, 0.6) is 0 Å². The van der Waals surface area contributed by atoms with Crippen LogP contribution in [-0.4, -0.2) is 42.2 Å². The Hall–Kier alpha value is -1.95. The fourth-order valence-corrected chi connectivity index (χ4v) is 1.36. The highest BCUT2D eigenvalue weighted by atomic mass is 16.5. The average molecular weight is 252 g/mol. The van der Waals surface area contributed by atoms with E-state index in [-0.39, 0.29) is 11.6 Å². The van der Waals surface area contributed by atoms with Crippen molar-refractivity contribution in [3.8, 4) is 0 Å². The number of hydrogen-bond acceptors (Lipinski definition) is 4. The molecule has 2 N–H and O–H groups in total. The van der Waals surface area contributed by atoms with Gasteiger partial charge in [0, 0.05) is 32.0 Å². The first-order valence-electron chi connectivity index (χ1n) is 5.61. The fourth-order valence-electron chi connectivity index (χ4n) is 1.36. The van der Waals surface area contributed by atoms with Crippen LogP contribution in [0.3, 0.4) is 0 Å². The van der Waals surface area contributed by atoms with Gasteiger partial charge >= 0.3 is 5.97 Å². The van der Waals surface area contributed by atoms with Crippen molar-refractivity contribution in [2.45, 2.75) is 12.8 Å². The molecule has 0 unspecified atom stereocenters. The maximum Gasteiger partial charge on any atom is 0.354 e. The van der Waals surface area contributed by atoms with Gasteiger partial charge in [-0.3, -0.25) is 4.79 Å². The summed E-state index contributed by atoms with van der Waals surface area (Å²) in [6.45, 7) is 1.20. The molecule has 1 amide bonds. The summed E-state index contributed by atoms with van der Waals surface area (Å²) in [5, 5.41) is 11.5. The SMILES string of the molecule is COCCCCNC(=O)c1ccnc(C(=O)O)c1. The molecule has 1 aromatic heterocycles. The number of carboxylic acid groups (broad SMARTS) is 1. The first-order valence-corrected chi connectivity index (χ1v) is 5.61. The lowest BCUT2D eigenvalue weighted by molar-refractivity contribution is 0.0690. The summed E-state index contributed by atoms with van der Waals surface area (Å²) in [6.07, 6.45) is 2.99. The predicted octanol–water partition coefficient (Wildman–Crippen LogP) is 0.936. The molecule has 6 nitrogen and oxygen atoms in total. The molecule has 6 heteroatoms. The van der Waals surface area contributed by atoms with Crippen LogP contribution in [0.4, 0.5) is 0 Å². The van der Waals surface area contributed by atoms with E-state index in [9.17, 15) is 9.59 Å². The number of pyridine rings is 1. The van der Waals surface area contributed by atoms with Gasteiger partial charge in [0.15, 0.2) is 0 Å². The third kappa shape index (κ3) is 4.50. The molecule has 1 aromatic rings. The smallest absolute Gasteiger partial charge is 0.354 e. The molecule has 1 rings (SSSR count). The number of unbranched alkanes of at least 4 members (excludes halogenated alkanes) is 1. The van der Waals surface area contributed by atoms with Gasteiger partial charge in [-0.05, 0) is 25.0 Å². The Morgan fingerprint density at radius 1 is 1.44 bits per heavy atom. The third-order valence-corrected chi connectivity index (χ3v) is 2.30. The van der Waals surface area contributed by atoms with E-state index in [0.29, 0.717) is 18.7 Å². The molecular weight excluding hydrogens is 236 g/mol. The van der Waals surface area contributed by atoms with Crippen molar-refractivity contribution in [2.24, 2.45) is 0 Å². The first-order chi connectivity index (χ1) is 8.65. The van der Waals surface area contributed by atoms with Crippen molar-refractivity contribution in [1.29, 1.82) is 0 Å². The molecule has 18 heavy (non-hydrogen) atoms. The predicted molar refractivity (Wildman–Crippen MR) is 64.6 cm³/mol. The first kappa shape index (κ1) is 14.1. The monoisotopic (exact) mass is 252 g/mol. The minimum absolute atomic E-state index is 0.137. The number of aromatic nitrogens is 1. The Bertz CT molecular complexity index is 420. The largest absolute Gasteiger partial charge is 0.477 e. The van der Waals surface area contributed by atoms with Gasteiger partial charge in [0.1, 0.15) is 5.69 Å². The zero-order valence-corrected chi connectivity index (χ0v) is 10.2. The normalized spacial score (nSPS) is 10.1. The second kappa shape index (κ2) is 7.39. The quantitative estimate of drug-likeness (QED) is 0.705. The molecule has 0 fully saturated rings. The van der Waals surface area contributed by atoms with E-state index in [0.717, 1.165) is 12.8 Å². The van der Waals surface area contributed by atoms with Gasteiger partial charge in [0.05, 0.1) is 0 Å². The van der Waals surface area contributed by atoms with Crippen LogP contribution in [0.15, 0.2) is 18.3 Å². The van der Waals surface area contributed by atoms with Crippen molar-refractivity contribution in [2.75, 3.05) is 20.3 Å². The summed E-state index contributed by atoms with van der Waals surface area (Å²) in [4.78, 5) is 26.0. The van der Waals surface area contributed by atoms with Crippen LogP contribution < -0.4 is 5.32 Å². The van der Waals surface area contributed by atoms with Crippen molar-refractivity contribution in [1.82, 2.24) is 10.3 Å². The molecule has 0 aliphatic rings. The topological polar surface area (TPSA) is 88.5 Å². The Morgan fingerprint density at radius 2 is 2.22 bits per heavy atom. The van der Waals surface area contributed by atoms with Crippen LogP contribution in [-0.2, 0) is 4.74 Å². The number of aromatic carboxylic acids is 1. The second-order valence-electron chi connectivity index (χ2n) is 3.69. The van der Waals surface area contributed by atoms with Gasteiger partial charge in [-0.15, -0.1) is 0 Å². The molecule has 0 aliphatic carbocycles. The molecular formula is C12H16N2O4. The Balaban J connectivity index is 2.46. The number of carbonyl (C=O) groups is 2. The minimum atomic E-state index is -1.15. The summed E-state index contributed by atoms with van der Waals surface area (Å²) >= 11 is 0. The Morgan fingerprint density at radius 3 is 2.89 bits per heavy atom. The number of rotatable bonds is 7. The molecule has 0 radical (unpaired) electrons. The Labute approximate surface area is 105 Å². The maximum atomic E-state index is 11.7. The van der Waals surface area contributed by atoms with E-state index >= 15 is 0 Å².